The van der Waals surface area contributed by atoms with Gasteiger partial charge in [0, 0.05) is 11.1 Å². The van der Waals surface area contributed by atoms with E-state index in [2.05, 4.69) is 66.7 Å². The molecule has 5 aromatic rings. The molecular formula is C35H26N2O. The van der Waals surface area contributed by atoms with Crippen LogP contribution in [-0.4, -0.2) is 11.4 Å². The first-order valence-electron chi connectivity index (χ1n) is 12.6. The van der Waals surface area contributed by atoms with Crippen molar-refractivity contribution in [3.05, 3.63) is 179 Å². The summed E-state index contributed by atoms with van der Waals surface area (Å²) in [5.41, 5.74) is 5.98. The number of hydrogen-bond donors (Lipinski definition) is 2. The average Bonchev–Trinajstić information content (AvgIpc) is 2.99. The monoisotopic (exact) mass is 490 g/mol. The van der Waals surface area contributed by atoms with Crippen molar-refractivity contribution in [1.29, 1.82) is 10.8 Å². The van der Waals surface area contributed by atoms with Crippen LogP contribution < -0.4 is 4.74 Å². The second-order valence-corrected chi connectivity index (χ2v) is 9.32. The Morgan fingerprint density at radius 3 is 1.63 bits per heavy atom. The molecule has 0 unspecified atom stereocenters. The van der Waals surface area contributed by atoms with Gasteiger partial charge in [0.05, 0.1) is 16.8 Å². The molecule has 0 atom stereocenters. The maximum atomic E-state index is 8.86. The molecule has 1 aliphatic heterocycles. The Kier molecular flexibility index (Phi) is 6.03. The fraction of sp³-hybridized carbons (Fsp3) is 0.0286. The normalized spacial score (nSPS) is 13.3. The van der Waals surface area contributed by atoms with E-state index in [0.29, 0.717) is 11.4 Å². The summed E-state index contributed by atoms with van der Waals surface area (Å²) in [6, 6.07) is 44.7. The van der Waals surface area contributed by atoms with Crippen LogP contribution in [0.3, 0.4) is 0 Å². The number of fused-ring (bicyclic) bond motifs is 2. The zero-order valence-electron chi connectivity index (χ0n) is 20.8. The lowest BCUT2D eigenvalue weighted by molar-refractivity contribution is 0.434. The van der Waals surface area contributed by atoms with Gasteiger partial charge in [0.2, 0.25) is 0 Å². The zero-order chi connectivity index (χ0) is 26.0. The van der Waals surface area contributed by atoms with E-state index < -0.39 is 5.41 Å². The van der Waals surface area contributed by atoms with Gasteiger partial charge >= 0.3 is 0 Å². The molecule has 0 spiro atoms. The Morgan fingerprint density at radius 2 is 1.00 bits per heavy atom. The number of nitrogens with one attached hydrogen (secondary N) is 2. The third-order valence-corrected chi connectivity index (χ3v) is 7.12. The average molecular weight is 491 g/mol. The van der Waals surface area contributed by atoms with Gasteiger partial charge in [-0.3, -0.25) is 0 Å². The Bertz CT molecular complexity index is 1620. The smallest absolute Gasteiger partial charge is 0.132 e. The van der Waals surface area contributed by atoms with E-state index in [0.717, 1.165) is 44.9 Å². The van der Waals surface area contributed by atoms with Crippen LogP contribution in [0, 0.1) is 10.8 Å². The highest BCUT2D eigenvalue weighted by atomic mass is 16.5. The molecule has 0 bridgehead atoms. The summed E-state index contributed by atoms with van der Waals surface area (Å²) in [6.07, 6.45) is 3.38. The number of para-hydroxylation sites is 1. The molecule has 0 fully saturated rings. The van der Waals surface area contributed by atoms with E-state index in [1.54, 1.807) is 12.2 Å². The quantitative estimate of drug-likeness (QED) is 0.227. The van der Waals surface area contributed by atoms with Crippen LogP contribution in [0.5, 0.6) is 11.5 Å². The van der Waals surface area contributed by atoms with Crippen molar-refractivity contribution in [2.75, 3.05) is 0 Å². The summed E-state index contributed by atoms with van der Waals surface area (Å²) >= 11 is 0. The van der Waals surface area contributed by atoms with Crippen molar-refractivity contribution in [2.45, 2.75) is 5.41 Å². The molecular weight excluding hydrogens is 464 g/mol. The van der Waals surface area contributed by atoms with Gasteiger partial charge in [-0.2, -0.15) is 0 Å². The van der Waals surface area contributed by atoms with E-state index in [1.807, 2.05) is 66.7 Å². The lowest BCUT2D eigenvalue weighted by atomic mass is 9.63. The van der Waals surface area contributed by atoms with Crippen LogP contribution in [0.4, 0.5) is 0 Å². The first kappa shape index (κ1) is 23.4. The molecule has 2 N–H and O–H groups in total. The molecule has 5 aromatic carbocycles. The minimum Gasteiger partial charge on any atom is -0.457 e. The van der Waals surface area contributed by atoms with E-state index in [1.165, 1.54) is 0 Å². The van der Waals surface area contributed by atoms with E-state index in [9.17, 15) is 0 Å². The summed E-state index contributed by atoms with van der Waals surface area (Å²) in [6.45, 7) is 0. The number of benzene rings is 5. The van der Waals surface area contributed by atoms with Crippen molar-refractivity contribution < 1.29 is 4.74 Å². The van der Waals surface area contributed by atoms with Gasteiger partial charge in [-0.1, -0.05) is 109 Å². The summed E-state index contributed by atoms with van der Waals surface area (Å²) in [7, 11) is 0. The molecule has 3 nitrogen and oxygen atoms in total. The topological polar surface area (TPSA) is 56.9 Å². The highest BCUT2D eigenvalue weighted by Crippen LogP contribution is 2.55. The van der Waals surface area contributed by atoms with Crippen LogP contribution in [0.2, 0.25) is 0 Å². The SMILES string of the molecule is N=C(/C=C\C(=N)c1ccc2c(c1)C(c1ccccc1)(c1ccccc1)c1ccccc1O2)c1ccccc1. The Labute approximate surface area is 222 Å². The minimum absolute atomic E-state index is 0.336. The second kappa shape index (κ2) is 9.79. The van der Waals surface area contributed by atoms with Crippen molar-refractivity contribution in [1.82, 2.24) is 0 Å². The van der Waals surface area contributed by atoms with Crippen molar-refractivity contribution in [3.8, 4) is 11.5 Å². The molecule has 0 amide bonds. The molecule has 6 rings (SSSR count). The fourth-order valence-corrected chi connectivity index (χ4v) is 5.35. The van der Waals surface area contributed by atoms with Gasteiger partial charge in [0.25, 0.3) is 0 Å². The van der Waals surface area contributed by atoms with Crippen LogP contribution in [-0.2, 0) is 5.41 Å². The van der Waals surface area contributed by atoms with Crippen LogP contribution >= 0.6 is 0 Å². The Balaban J connectivity index is 1.52. The first-order valence-corrected chi connectivity index (χ1v) is 12.6. The molecule has 0 saturated heterocycles. The van der Waals surface area contributed by atoms with Crippen LogP contribution in [0.1, 0.15) is 33.4 Å². The van der Waals surface area contributed by atoms with Crippen LogP contribution in [0.15, 0.2) is 146 Å². The van der Waals surface area contributed by atoms with Crippen LogP contribution in [0.25, 0.3) is 0 Å². The summed E-state index contributed by atoms with van der Waals surface area (Å²) in [5, 5.41) is 17.3. The molecule has 0 aliphatic carbocycles. The molecule has 0 radical (unpaired) electrons. The molecule has 0 saturated carbocycles. The standard InChI is InChI=1S/C35H26N2O/c36-31(25-12-4-1-5-13-25)21-22-32(37)26-20-23-34-30(24-26)35(27-14-6-2-7-15-27,28-16-8-3-9-17-28)29-18-10-11-19-33(29)38-34/h1-24,36-37H/b22-21-,36-31?,37-32?. The molecule has 0 aromatic heterocycles. The minimum atomic E-state index is -0.622. The number of allylic oxidation sites excluding steroid dienone is 2. The molecule has 182 valence electrons. The van der Waals surface area contributed by atoms with E-state index >= 15 is 0 Å². The lowest BCUT2D eigenvalue weighted by Crippen LogP contribution is -2.34. The lowest BCUT2D eigenvalue weighted by Gasteiger charge is -2.41. The highest BCUT2D eigenvalue weighted by molar-refractivity contribution is 6.14. The van der Waals surface area contributed by atoms with Gasteiger partial charge in [0.1, 0.15) is 11.5 Å². The molecule has 38 heavy (non-hydrogen) atoms. The summed E-state index contributed by atoms with van der Waals surface area (Å²) in [4.78, 5) is 0. The van der Waals surface area contributed by atoms with Crippen molar-refractivity contribution in [2.24, 2.45) is 0 Å². The molecule has 3 heteroatoms. The van der Waals surface area contributed by atoms with Gasteiger partial charge < -0.3 is 15.6 Å². The fourth-order valence-electron chi connectivity index (χ4n) is 5.35. The van der Waals surface area contributed by atoms with E-state index in [4.69, 9.17) is 15.6 Å². The van der Waals surface area contributed by atoms with Gasteiger partial charge in [-0.15, -0.1) is 0 Å². The van der Waals surface area contributed by atoms with Crippen molar-refractivity contribution >= 4 is 11.4 Å². The maximum absolute atomic E-state index is 8.86. The third-order valence-electron chi connectivity index (χ3n) is 7.12. The van der Waals surface area contributed by atoms with Crippen molar-refractivity contribution in [3.63, 3.8) is 0 Å². The second-order valence-electron chi connectivity index (χ2n) is 9.32. The summed E-state index contributed by atoms with van der Waals surface area (Å²) in [5.74, 6) is 1.60. The maximum Gasteiger partial charge on any atom is 0.132 e. The Morgan fingerprint density at radius 1 is 0.500 bits per heavy atom. The number of ether oxygens (including phenoxy) is 1. The predicted octanol–water partition coefficient (Wildman–Crippen LogP) is 8.17. The largest absolute Gasteiger partial charge is 0.457 e. The number of hydrogen-bond acceptors (Lipinski definition) is 3. The molecule has 1 heterocycles. The zero-order valence-corrected chi connectivity index (χ0v) is 20.8. The van der Waals surface area contributed by atoms with Gasteiger partial charge in [0.15, 0.2) is 0 Å². The molecule has 1 aliphatic rings. The van der Waals surface area contributed by atoms with E-state index in [-0.39, 0.29) is 0 Å². The first-order chi connectivity index (χ1) is 18.7. The highest BCUT2D eigenvalue weighted by Gasteiger charge is 2.45. The van der Waals surface area contributed by atoms with Gasteiger partial charge in [-0.25, -0.2) is 0 Å². The number of rotatable bonds is 6. The summed E-state index contributed by atoms with van der Waals surface area (Å²) < 4.78 is 6.44. The predicted molar refractivity (Wildman–Crippen MR) is 154 cm³/mol. The third kappa shape index (κ3) is 3.95. The Hall–Kier alpha value is -5.02. The van der Waals surface area contributed by atoms with Gasteiger partial charge in [-0.05, 0) is 58.7 Å².